The Hall–Kier alpha value is -2.08. The van der Waals surface area contributed by atoms with Crippen LogP contribution in [0.3, 0.4) is 0 Å². The molecule has 1 unspecified atom stereocenters. The van der Waals surface area contributed by atoms with E-state index in [1.807, 2.05) is 6.92 Å². The van der Waals surface area contributed by atoms with Gasteiger partial charge in [-0.05, 0) is 31.5 Å². The highest BCUT2D eigenvalue weighted by atomic mass is 16.5. The molecular weight excluding hydrogens is 260 g/mol. The summed E-state index contributed by atoms with van der Waals surface area (Å²) >= 11 is 0. The van der Waals surface area contributed by atoms with Crippen molar-refractivity contribution in [2.45, 2.75) is 19.8 Å². The third kappa shape index (κ3) is 5.71. The molecule has 1 aromatic rings. The molecule has 0 aromatic heterocycles. The number of hydrogen-bond acceptors (Lipinski definition) is 4. The van der Waals surface area contributed by atoms with E-state index in [2.05, 4.69) is 5.32 Å². The van der Waals surface area contributed by atoms with E-state index in [9.17, 15) is 9.59 Å². The third-order valence-corrected chi connectivity index (χ3v) is 2.75. The maximum absolute atomic E-state index is 11.9. The van der Waals surface area contributed by atoms with Crippen LogP contribution in [0.5, 0.6) is 5.75 Å². The first kappa shape index (κ1) is 16.0. The van der Waals surface area contributed by atoms with Crippen molar-refractivity contribution in [3.8, 4) is 5.75 Å². The average Bonchev–Trinajstić information content (AvgIpc) is 2.42. The molecule has 6 heteroatoms. The molecule has 1 atom stereocenters. The second kappa shape index (κ2) is 8.16. The zero-order valence-corrected chi connectivity index (χ0v) is 11.5. The van der Waals surface area contributed by atoms with Crippen LogP contribution in [0.1, 0.15) is 19.8 Å². The van der Waals surface area contributed by atoms with Gasteiger partial charge in [0.2, 0.25) is 5.91 Å². The summed E-state index contributed by atoms with van der Waals surface area (Å²) in [6.07, 6.45) is 1.54. The van der Waals surface area contributed by atoms with Gasteiger partial charge >= 0.3 is 5.97 Å². The highest BCUT2D eigenvalue weighted by molar-refractivity contribution is 5.92. The predicted octanol–water partition coefficient (Wildman–Crippen LogP) is 1.46. The highest BCUT2D eigenvalue weighted by Gasteiger charge is 2.12. The molecule has 0 radical (unpaired) electrons. The predicted molar refractivity (Wildman–Crippen MR) is 75.7 cm³/mol. The zero-order valence-electron chi connectivity index (χ0n) is 11.5. The van der Waals surface area contributed by atoms with E-state index in [1.54, 1.807) is 24.3 Å². The Morgan fingerprint density at radius 2 is 2.20 bits per heavy atom. The molecule has 1 aromatic carbocycles. The Morgan fingerprint density at radius 3 is 2.85 bits per heavy atom. The summed E-state index contributed by atoms with van der Waals surface area (Å²) < 4.78 is 5.05. The number of amides is 1. The topological polar surface area (TPSA) is 102 Å². The number of carbonyl (C=O) groups excluding carboxylic acids is 1. The molecule has 0 bridgehead atoms. The number of anilines is 1. The van der Waals surface area contributed by atoms with Gasteiger partial charge in [0.1, 0.15) is 5.75 Å². The number of nitrogens with one attached hydrogen (secondary N) is 1. The van der Waals surface area contributed by atoms with Crippen LogP contribution in [0.4, 0.5) is 5.69 Å². The van der Waals surface area contributed by atoms with Gasteiger partial charge in [-0.15, -0.1) is 0 Å². The molecule has 4 N–H and O–H groups in total. The standard InChI is InChI=1S/C14H20N2O4/c1-10(4-3-7-15)14(19)16-11-5-2-6-12(8-11)20-9-13(17)18/h2,5-6,8,10H,3-4,7,9,15H2,1H3,(H,16,19)(H,17,18). The molecule has 0 aliphatic heterocycles. The normalized spacial score (nSPS) is 11.7. The van der Waals surface area contributed by atoms with Crippen molar-refractivity contribution < 1.29 is 19.4 Å². The highest BCUT2D eigenvalue weighted by Crippen LogP contribution is 2.18. The largest absolute Gasteiger partial charge is 0.482 e. The van der Waals surface area contributed by atoms with Gasteiger partial charge in [-0.25, -0.2) is 4.79 Å². The molecule has 0 spiro atoms. The Balaban J connectivity index is 2.56. The van der Waals surface area contributed by atoms with Gasteiger partial charge in [-0.2, -0.15) is 0 Å². The van der Waals surface area contributed by atoms with Crippen molar-refractivity contribution in [3.63, 3.8) is 0 Å². The van der Waals surface area contributed by atoms with Crippen LogP contribution in [0.15, 0.2) is 24.3 Å². The van der Waals surface area contributed by atoms with Crippen molar-refractivity contribution in [1.82, 2.24) is 0 Å². The molecule has 1 amide bonds. The molecule has 1 rings (SSSR count). The smallest absolute Gasteiger partial charge is 0.341 e. The Bertz CT molecular complexity index is 462. The number of carbonyl (C=O) groups is 2. The molecule has 110 valence electrons. The number of ether oxygens (including phenoxy) is 1. The van der Waals surface area contributed by atoms with Crippen LogP contribution in [-0.2, 0) is 9.59 Å². The van der Waals surface area contributed by atoms with Crippen LogP contribution in [-0.4, -0.2) is 30.1 Å². The van der Waals surface area contributed by atoms with Crippen molar-refractivity contribution in [1.29, 1.82) is 0 Å². The Kier molecular flexibility index (Phi) is 6.52. The summed E-state index contributed by atoms with van der Waals surface area (Å²) in [5, 5.41) is 11.3. The summed E-state index contributed by atoms with van der Waals surface area (Å²) in [5.74, 6) is -0.856. The van der Waals surface area contributed by atoms with Gasteiger partial charge in [0.15, 0.2) is 6.61 Å². The van der Waals surface area contributed by atoms with Gasteiger partial charge in [0, 0.05) is 17.7 Å². The minimum absolute atomic E-state index is 0.0890. The first-order valence-electron chi connectivity index (χ1n) is 6.48. The van der Waals surface area contributed by atoms with E-state index in [4.69, 9.17) is 15.6 Å². The maximum atomic E-state index is 11.9. The van der Waals surface area contributed by atoms with Gasteiger partial charge in [0.05, 0.1) is 0 Å². The minimum atomic E-state index is -1.05. The van der Waals surface area contributed by atoms with E-state index in [1.165, 1.54) is 0 Å². The van der Waals surface area contributed by atoms with Crippen molar-refractivity contribution in [2.75, 3.05) is 18.5 Å². The van der Waals surface area contributed by atoms with Crippen molar-refractivity contribution in [2.24, 2.45) is 11.7 Å². The van der Waals surface area contributed by atoms with Crippen LogP contribution < -0.4 is 15.8 Å². The van der Waals surface area contributed by atoms with Gasteiger partial charge < -0.3 is 20.9 Å². The lowest BCUT2D eigenvalue weighted by atomic mass is 10.0. The van der Waals surface area contributed by atoms with Crippen LogP contribution in [0, 0.1) is 5.92 Å². The SMILES string of the molecule is CC(CCCN)C(=O)Nc1cccc(OCC(=O)O)c1. The Morgan fingerprint density at radius 1 is 1.45 bits per heavy atom. The second-order valence-corrected chi connectivity index (χ2v) is 4.53. The Labute approximate surface area is 117 Å². The molecule has 6 nitrogen and oxygen atoms in total. The molecule has 0 heterocycles. The monoisotopic (exact) mass is 280 g/mol. The third-order valence-electron chi connectivity index (χ3n) is 2.75. The first-order chi connectivity index (χ1) is 9.52. The quantitative estimate of drug-likeness (QED) is 0.669. The van der Waals surface area contributed by atoms with Gasteiger partial charge in [-0.3, -0.25) is 4.79 Å². The van der Waals surface area contributed by atoms with Crippen molar-refractivity contribution >= 4 is 17.6 Å². The van der Waals surface area contributed by atoms with Crippen LogP contribution in [0.25, 0.3) is 0 Å². The number of benzene rings is 1. The molecule has 0 fully saturated rings. The first-order valence-corrected chi connectivity index (χ1v) is 6.48. The maximum Gasteiger partial charge on any atom is 0.341 e. The summed E-state index contributed by atoms with van der Waals surface area (Å²) in [7, 11) is 0. The van der Waals surface area contributed by atoms with E-state index in [0.717, 1.165) is 12.8 Å². The van der Waals surface area contributed by atoms with E-state index in [-0.39, 0.29) is 11.8 Å². The molecule has 0 saturated heterocycles. The zero-order chi connectivity index (χ0) is 15.0. The number of aliphatic carboxylic acids is 1. The fourth-order valence-corrected chi connectivity index (χ4v) is 1.63. The molecule has 20 heavy (non-hydrogen) atoms. The van der Waals surface area contributed by atoms with Crippen LogP contribution >= 0.6 is 0 Å². The number of nitrogens with two attached hydrogens (primary N) is 1. The number of hydrogen-bond donors (Lipinski definition) is 3. The fraction of sp³-hybridized carbons (Fsp3) is 0.429. The summed E-state index contributed by atoms with van der Waals surface area (Å²) in [5.41, 5.74) is 5.99. The number of carboxylic acid groups (broad SMARTS) is 1. The summed E-state index contributed by atoms with van der Waals surface area (Å²) in [6, 6.07) is 6.64. The lowest BCUT2D eigenvalue weighted by molar-refractivity contribution is -0.139. The minimum Gasteiger partial charge on any atom is -0.482 e. The molecule has 0 saturated carbocycles. The number of rotatable bonds is 8. The lowest BCUT2D eigenvalue weighted by Gasteiger charge is -2.12. The lowest BCUT2D eigenvalue weighted by Crippen LogP contribution is -2.21. The van der Waals surface area contributed by atoms with E-state index < -0.39 is 12.6 Å². The average molecular weight is 280 g/mol. The van der Waals surface area contributed by atoms with E-state index in [0.29, 0.717) is 18.0 Å². The molecule has 0 aliphatic rings. The second-order valence-electron chi connectivity index (χ2n) is 4.53. The van der Waals surface area contributed by atoms with Crippen molar-refractivity contribution in [3.05, 3.63) is 24.3 Å². The molecule has 0 aliphatic carbocycles. The number of carboxylic acids is 1. The summed E-state index contributed by atoms with van der Waals surface area (Å²) in [4.78, 5) is 22.3. The van der Waals surface area contributed by atoms with Crippen LogP contribution in [0.2, 0.25) is 0 Å². The van der Waals surface area contributed by atoms with Gasteiger partial charge in [-0.1, -0.05) is 13.0 Å². The van der Waals surface area contributed by atoms with Gasteiger partial charge in [0.25, 0.3) is 0 Å². The van der Waals surface area contributed by atoms with E-state index >= 15 is 0 Å². The molecular formula is C14H20N2O4. The fourth-order valence-electron chi connectivity index (χ4n) is 1.63. The summed E-state index contributed by atoms with van der Waals surface area (Å²) in [6.45, 7) is 2.00.